The van der Waals surface area contributed by atoms with Gasteiger partial charge in [0.2, 0.25) is 5.71 Å². The van der Waals surface area contributed by atoms with Gasteiger partial charge in [-0.1, -0.05) is 72.8 Å². The van der Waals surface area contributed by atoms with E-state index in [1.807, 2.05) is 35.2 Å². The van der Waals surface area contributed by atoms with E-state index in [1.165, 1.54) is 27.1 Å². The first-order valence-corrected chi connectivity index (χ1v) is 13.4. The van der Waals surface area contributed by atoms with E-state index in [0.717, 1.165) is 39.4 Å². The molecule has 0 unspecified atom stereocenters. The highest BCUT2D eigenvalue weighted by molar-refractivity contribution is 6.12. The maximum absolute atomic E-state index is 4.61. The van der Waals surface area contributed by atoms with Crippen LogP contribution >= 0.6 is 0 Å². The zero-order valence-electron chi connectivity index (χ0n) is 21.6. The highest BCUT2D eigenvalue weighted by Gasteiger charge is 2.25. The monoisotopic (exact) mass is 514 g/mol. The molecule has 0 radical (unpaired) electrons. The van der Waals surface area contributed by atoms with Gasteiger partial charge >= 0.3 is 0 Å². The lowest BCUT2D eigenvalue weighted by Gasteiger charge is -2.10. The van der Waals surface area contributed by atoms with Crippen LogP contribution in [-0.4, -0.2) is 26.5 Å². The van der Waals surface area contributed by atoms with E-state index in [0.29, 0.717) is 6.54 Å². The van der Waals surface area contributed by atoms with Crippen molar-refractivity contribution in [2.24, 2.45) is 10.3 Å². The number of benzene rings is 5. The molecule has 0 amide bonds. The lowest BCUT2D eigenvalue weighted by molar-refractivity contribution is -0.492. The molecule has 3 heterocycles. The maximum atomic E-state index is 4.61. The minimum atomic E-state index is 0.605. The molecule has 8 rings (SSSR count). The van der Waals surface area contributed by atoms with Crippen molar-refractivity contribution in [2.45, 2.75) is 0 Å². The number of hydrogen-bond acceptors (Lipinski definition) is 3. The summed E-state index contributed by atoms with van der Waals surface area (Å²) < 4.78 is 4.31. The molecular weight excluding hydrogens is 490 g/mol. The van der Waals surface area contributed by atoms with Crippen molar-refractivity contribution < 1.29 is 4.70 Å². The zero-order chi connectivity index (χ0) is 26.5. The summed E-state index contributed by atoms with van der Waals surface area (Å²) in [5, 5.41) is 14.1. The van der Waals surface area contributed by atoms with Crippen LogP contribution in [0.15, 0.2) is 144 Å². The summed E-state index contributed by atoms with van der Waals surface area (Å²) in [4.78, 5) is 4.50. The van der Waals surface area contributed by atoms with Crippen LogP contribution in [-0.2, 0) is 0 Å². The Kier molecular flexibility index (Phi) is 5.13. The first-order chi connectivity index (χ1) is 19.8. The molecule has 1 aliphatic heterocycles. The molecule has 0 bridgehead atoms. The third-order valence-corrected chi connectivity index (χ3v) is 7.68. The molecule has 0 spiro atoms. The molecule has 0 saturated carbocycles. The maximum Gasteiger partial charge on any atom is 0.231 e. The Hall–Kier alpha value is -5.42. The van der Waals surface area contributed by atoms with Gasteiger partial charge in [0.05, 0.1) is 21.8 Å². The molecule has 7 aromatic rings. The summed E-state index contributed by atoms with van der Waals surface area (Å²) in [6.45, 7) is 0.605. The van der Waals surface area contributed by atoms with Crippen LogP contribution in [0.4, 0.5) is 5.69 Å². The van der Waals surface area contributed by atoms with Crippen LogP contribution in [0.25, 0.3) is 49.5 Å². The highest BCUT2D eigenvalue weighted by atomic mass is 15.5. The van der Waals surface area contributed by atoms with Crippen LogP contribution < -0.4 is 0 Å². The minimum Gasteiger partial charge on any atom is -0.309 e. The number of hydrogen-bond donors (Lipinski definition) is 0. The SMILES string of the molecule is c1ccc(-c2cccc([N+]3=NN=C(c4ccc5c6ccccc6n(-c6ccc7ccccc7c6)c5c4)C3)c2)nc1. The predicted octanol–water partition coefficient (Wildman–Crippen LogP) is 8.51. The lowest BCUT2D eigenvalue weighted by atomic mass is 10.1. The lowest BCUT2D eigenvalue weighted by Crippen LogP contribution is -2.11. The molecule has 2 aromatic heterocycles. The van der Waals surface area contributed by atoms with Crippen molar-refractivity contribution in [1.82, 2.24) is 9.55 Å². The van der Waals surface area contributed by atoms with Gasteiger partial charge in [-0.2, -0.15) is 0 Å². The molecule has 40 heavy (non-hydrogen) atoms. The van der Waals surface area contributed by atoms with Gasteiger partial charge in [-0.3, -0.25) is 4.98 Å². The van der Waals surface area contributed by atoms with Gasteiger partial charge in [0.1, 0.15) is 5.22 Å². The summed E-state index contributed by atoms with van der Waals surface area (Å²) in [6, 6.07) is 44.7. The fourth-order valence-electron chi connectivity index (χ4n) is 5.71. The number of nitrogens with zero attached hydrogens (tertiary/aromatic N) is 5. The number of aromatic nitrogens is 2. The molecule has 188 valence electrons. The van der Waals surface area contributed by atoms with Crippen molar-refractivity contribution in [3.63, 3.8) is 0 Å². The Balaban J connectivity index is 1.19. The summed E-state index contributed by atoms with van der Waals surface area (Å²) in [5.74, 6) is 0. The van der Waals surface area contributed by atoms with Crippen LogP contribution in [0.1, 0.15) is 5.56 Å². The average Bonchev–Trinajstić information content (AvgIpc) is 3.65. The van der Waals surface area contributed by atoms with Crippen LogP contribution in [0.3, 0.4) is 0 Å². The van der Waals surface area contributed by atoms with Gasteiger partial charge in [0, 0.05) is 33.8 Å². The molecule has 0 N–H and O–H groups in total. The van der Waals surface area contributed by atoms with Crippen molar-refractivity contribution in [3.05, 3.63) is 139 Å². The Morgan fingerprint density at radius 2 is 1.45 bits per heavy atom. The third kappa shape index (κ3) is 3.71. The van der Waals surface area contributed by atoms with Crippen molar-refractivity contribution in [3.8, 4) is 16.9 Å². The first kappa shape index (κ1) is 22.6. The number of rotatable bonds is 4. The van der Waals surface area contributed by atoms with Gasteiger partial charge in [-0.05, 0) is 65.4 Å². The van der Waals surface area contributed by atoms with Gasteiger partial charge < -0.3 is 4.57 Å². The Labute approximate surface area is 231 Å². The third-order valence-electron chi connectivity index (χ3n) is 7.68. The number of para-hydroxylation sites is 1. The molecule has 1 aliphatic rings. The summed E-state index contributed by atoms with van der Waals surface area (Å²) in [7, 11) is 0. The molecule has 5 aromatic carbocycles. The Morgan fingerprint density at radius 3 is 2.38 bits per heavy atom. The van der Waals surface area contributed by atoms with Gasteiger partial charge in [0.25, 0.3) is 0 Å². The topological polar surface area (TPSA) is 45.5 Å². The molecule has 0 atom stereocenters. The van der Waals surface area contributed by atoms with Crippen LogP contribution in [0.2, 0.25) is 0 Å². The van der Waals surface area contributed by atoms with E-state index in [2.05, 4.69) is 123 Å². The van der Waals surface area contributed by atoms with Gasteiger partial charge in [-0.25, -0.2) is 0 Å². The van der Waals surface area contributed by atoms with E-state index in [9.17, 15) is 0 Å². The highest BCUT2D eigenvalue weighted by Crippen LogP contribution is 2.34. The zero-order valence-corrected chi connectivity index (χ0v) is 21.6. The molecule has 0 fully saturated rings. The van der Waals surface area contributed by atoms with Crippen LogP contribution in [0.5, 0.6) is 0 Å². The molecular formula is C35H24N5+. The van der Waals surface area contributed by atoms with Crippen molar-refractivity contribution in [1.29, 1.82) is 0 Å². The summed E-state index contributed by atoms with van der Waals surface area (Å²) in [5.41, 5.74) is 8.51. The van der Waals surface area contributed by atoms with E-state index in [-0.39, 0.29) is 0 Å². The van der Waals surface area contributed by atoms with Crippen molar-refractivity contribution in [2.75, 3.05) is 6.54 Å². The molecule has 0 aliphatic carbocycles. The predicted molar refractivity (Wildman–Crippen MR) is 162 cm³/mol. The second-order valence-electron chi connectivity index (χ2n) is 10.1. The first-order valence-electron chi connectivity index (χ1n) is 13.4. The molecule has 5 heteroatoms. The Morgan fingerprint density at radius 1 is 0.600 bits per heavy atom. The minimum absolute atomic E-state index is 0.605. The second-order valence-corrected chi connectivity index (χ2v) is 10.1. The Bertz CT molecular complexity index is 2140. The molecule has 0 saturated heterocycles. The fraction of sp³-hybridized carbons (Fsp3) is 0.0286. The number of pyridine rings is 1. The normalized spacial score (nSPS) is 13.2. The van der Waals surface area contributed by atoms with Gasteiger partial charge in [-0.15, -0.1) is 4.70 Å². The standard InChI is InChI=1S/C35H24N5/c1-2-9-25-20-29(17-15-24(25)8-1)40-34-14-4-3-12-30(34)31-18-16-27(22-35(31)40)33-23-39(38-37-33)28-11-7-10-26(21-28)32-13-5-6-19-36-32/h1-22H,23H2/q+1. The van der Waals surface area contributed by atoms with E-state index < -0.39 is 0 Å². The largest absolute Gasteiger partial charge is 0.309 e. The second kappa shape index (κ2) is 9.10. The van der Waals surface area contributed by atoms with E-state index in [4.69, 9.17) is 0 Å². The summed E-state index contributed by atoms with van der Waals surface area (Å²) in [6.07, 6.45) is 1.82. The van der Waals surface area contributed by atoms with E-state index in [1.54, 1.807) is 0 Å². The van der Waals surface area contributed by atoms with Gasteiger partial charge in [0.15, 0.2) is 12.2 Å². The molecule has 5 nitrogen and oxygen atoms in total. The van der Waals surface area contributed by atoms with E-state index >= 15 is 0 Å². The van der Waals surface area contributed by atoms with Crippen molar-refractivity contribution >= 4 is 44.0 Å². The van der Waals surface area contributed by atoms with Crippen LogP contribution in [0, 0.1) is 0 Å². The smallest absolute Gasteiger partial charge is 0.231 e. The average molecular weight is 515 g/mol. The quantitative estimate of drug-likeness (QED) is 0.217. The fourth-order valence-corrected chi connectivity index (χ4v) is 5.71. The number of fused-ring (bicyclic) bond motifs is 4. The summed E-state index contributed by atoms with van der Waals surface area (Å²) >= 11 is 0.